The number of aromatic nitrogens is 2. The van der Waals surface area contributed by atoms with Crippen LogP contribution in [-0.2, 0) is 0 Å². The van der Waals surface area contributed by atoms with Gasteiger partial charge in [0, 0.05) is 12.4 Å². The van der Waals surface area contributed by atoms with E-state index in [-0.39, 0.29) is 0 Å². The largest absolute Gasteiger partial charge is 0.255 e. The second-order valence-corrected chi connectivity index (χ2v) is 23.9. The van der Waals surface area contributed by atoms with E-state index in [1.807, 2.05) is 36.4 Å². The third kappa shape index (κ3) is 6.59. The van der Waals surface area contributed by atoms with Gasteiger partial charge in [-0.2, -0.15) is 0 Å². The Labute approximate surface area is 126 Å². The second-order valence-electron chi connectivity index (χ2n) is 3.99. The molecule has 2 rings (SSSR count). The van der Waals surface area contributed by atoms with Gasteiger partial charge >= 0.3 is 56.7 Å². The fraction of sp³-hybridized carbons (Fsp3) is 0.286. The van der Waals surface area contributed by atoms with Crippen LogP contribution in [0.2, 0.25) is 8.87 Å². The molecular formula is C14H18Cl2N2Sn. The summed E-state index contributed by atoms with van der Waals surface area (Å²) in [5.74, 6) is 0. The molecule has 2 aromatic rings. The second kappa shape index (κ2) is 8.77. The molecule has 2 aromatic heterocycles. The zero-order valence-electron chi connectivity index (χ0n) is 11.2. The first kappa shape index (κ1) is 16.7. The van der Waals surface area contributed by atoms with Gasteiger partial charge in [-0.1, -0.05) is 12.1 Å². The van der Waals surface area contributed by atoms with E-state index in [1.165, 1.54) is 0 Å². The van der Waals surface area contributed by atoms with Crippen LogP contribution in [0, 0.1) is 0 Å². The Morgan fingerprint density at radius 2 is 1.26 bits per heavy atom. The maximum absolute atomic E-state index is 5.88. The summed E-state index contributed by atoms with van der Waals surface area (Å²) >= 11 is -2.34. The summed E-state index contributed by atoms with van der Waals surface area (Å²) in [7, 11) is 11.8. The van der Waals surface area contributed by atoms with Crippen molar-refractivity contribution in [3.8, 4) is 11.4 Å². The van der Waals surface area contributed by atoms with Gasteiger partial charge < -0.3 is 0 Å². The minimum atomic E-state index is -2.34. The zero-order chi connectivity index (χ0) is 14.1. The SMILES string of the molecule is C[CH2][Sn]([Cl])([Cl])[CH2]C.c1ccc(-c2ccccn2)nc1. The summed E-state index contributed by atoms with van der Waals surface area (Å²) in [6, 6.07) is 11.6. The van der Waals surface area contributed by atoms with Crippen LogP contribution in [0.4, 0.5) is 0 Å². The number of hydrogen-bond donors (Lipinski definition) is 0. The smallest absolute Gasteiger partial charge is 0.0886 e. The minimum absolute atomic E-state index is 0.915. The monoisotopic (exact) mass is 404 g/mol. The topological polar surface area (TPSA) is 25.8 Å². The predicted molar refractivity (Wildman–Crippen MR) is 85.9 cm³/mol. The molecule has 0 bridgehead atoms. The first-order valence-electron chi connectivity index (χ1n) is 6.29. The summed E-state index contributed by atoms with van der Waals surface area (Å²) < 4.78 is 2.07. The minimum Gasteiger partial charge on any atom is -0.255 e. The molecule has 0 atom stereocenters. The third-order valence-corrected chi connectivity index (χ3v) is 15.7. The van der Waals surface area contributed by atoms with Gasteiger partial charge in [0.15, 0.2) is 0 Å². The van der Waals surface area contributed by atoms with Crippen LogP contribution in [0.15, 0.2) is 48.8 Å². The Hall–Kier alpha value is -0.321. The van der Waals surface area contributed by atoms with Gasteiger partial charge in [0.1, 0.15) is 0 Å². The van der Waals surface area contributed by atoms with Gasteiger partial charge in [0.05, 0.1) is 11.4 Å². The van der Waals surface area contributed by atoms with Crippen LogP contribution in [0.25, 0.3) is 11.4 Å². The van der Waals surface area contributed by atoms with Gasteiger partial charge in [-0.3, -0.25) is 9.97 Å². The summed E-state index contributed by atoms with van der Waals surface area (Å²) in [5.41, 5.74) is 1.83. The molecule has 19 heavy (non-hydrogen) atoms. The molecule has 0 fully saturated rings. The van der Waals surface area contributed by atoms with Crippen molar-refractivity contribution in [3.05, 3.63) is 48.8 Å². The fourth-order valence-corrected chi connectivity index (χ4v) is 2.71. The van der Waals surface area contributed by atoms with Gasteiger partial charge in [-0.15, -0.1) is 0 Å². The molecule has 0 aliphatic rings. The molecule has 2 heterocycles. The standard InChI is InChI=1S/C10H8N2.2C2H5.2ClH.Sn/c1-3-7-11-9(5-1)10-6-2-4-8-12-10;2*1-2;;;/h1-8H;2*1H2,2H3;2*1H;/q;;;;;+2/p-2. The van der Waals surface area contributed by atoms with Crippen molar-refractivity contribution in [1.29, 1.82) is 0 Å². The van der Waals surface area contributed by atoms with Crippen LogP contribution >= 0.6 is 17.8 Å². The van der Waals surface area contributed by atoms with Crippen LogP contribution in [0.3, 0.4) is 0 Å². The molecule has 0 aromatic carbocycles. The average Bonchev–Trinajstić information content (AvgIpc) is 2.50. The van der Waals surface area contributed by atoms with Crippen molar-refractivity contribution in [2.45, 2.75) is 22.7 Å². The van der Waals surface area contributed by atoms with Gasteiger partial charge in [0.2, 0.25) is 0 Å². The normalized spacial score (nSPS) is 10.5. The third-order valence-electron chi connectivity index (χ3n) is 2.63. The number of halogens is 2. The molecule has 102 valence electrons. The van der Waals surface area contributed by atoms with E-state index in [9.17, 15) is 0 Å². The number of rotatable bonds is 3. The Morgan fingerprint density at radius 3 is 1.47 bits per heavy atom. The van der Waals surface area contributed by atoms with Crippen LogP contribution < -0.4 is 0 Å². The van der Waals surface area contributed by atoms with Crippen LogP contribution in [0.5, 0.6) is 0 Å². The number of hydrogen-bond acceptors (Lipinski definition) is 2. The Bertz CT molecular complexity index is 420. The van der Waals surface area contributed by atoms with E-state index in [1.54, 1.807) is 12.4 Å². The van der Waals surface area contributed by atoms with Crippen molar-refractivity contribution in [3.63, 3.8) is 0 Å². The molecule has 0 aliphatic carbocycles. The predicted octanol–water partition coefficient (Wildman–Crippen LogP) is 5.09. The molecule has 0 radical (unpaired) electrons. The van der Waals surface area contributed by atoms with Crippen molar-refractivity contribution in [2.24, 2.45) is 0 Å². The molecular weight excluding hydrogens is 386 g/mol. The van der Waals surface area contributed by atoms with E-state index >= 15 is 0 Å². The summed E-state index contributed by atoms with van der Waals surface area (Å²) in [6.45, 7) is 4.14. The molecule has 0 spiro atoms. The molecule has 0 unspecified atom stereocenters. The number of nitrogens with zero attached hydrogens (tertiary/aromatic N) is 2. The average molecular weight is 404 g/mol. The molecule has 5 heteroatoms. The quantitative estimate of drug-likeness (QED) is 0.667. The zero-order valence-corrected chi connectivity index (χ0v) is 15.5. The molecule has 0 aliphatic heterocycles. The van der Waals surface area contributed by atoms with Crippen molar-refractivity contribution < 1.29 is 0 Å². The Kier molecular flexibility index (Phi) is 7.72. The van der Waals surface area contributed by atoms with E-state index in [4.69, 9.17) is 17.8 Å². The van der Waals surface area contributed by atoms with Gasteiger partial charge in [-0.05, 0) is 24.3 Å². The van der Waals surface area contributed by atoms with E-state index < -0.39 is 16.1 Å². The van der Waals surface area contributed by atoms with E-state index in [0.29, 0.717) is 0 Å². The number of pyridine rings is 2. The van der Waals surface area contributed by atoms with Crippen LogP contribution in [-0.4, -0.2) is 26.1 Å². The van der Waals surface area contributed by atoms with Gasteiger partial charge in [-0.25, -0.2) is 0 Å². The summed E-state index contributed by atoms with van der Waals surface area (Å²) in [6.07, 6.45) is 3.54. The van der Waals surface area contributed by atoms with E-state index in [0.717, 1.165) is 20.3 Å². The van der Waals surface area contributed by atoms with E-state index in [2.05, 4.69) is 23.8 Å². The maximum Gasteiger partial charge on any atom is 0.0886 e. The van der Waals surface area contributed by atoms with Gasteiger partial charge in [0.25, 0.3) is 0 Å². The Morgan fingerprint density at radius 1 is 0.842 bits per heavy atom. The van der Waals surface area contributed by atoms with Crippen molar-refractivity contribution in [1.82, 2.24) is 9.97 Å². The van der Waals surface area contributed by atoms with Crippen molar-refractivity contribution in [2.75, 3.05) is 0 Å². The molecule has 2 nitrogen and oxygen atoms in total. The summed E-state index contributed by atoms with van der Waals surface area (Å²) in [4.78, 5) is 8.37. The summed E-state index contributed by atoms with van der Waals surface area (Å²) in [5, 5.41) is 0. The molecule has 0 N–H and O–H groups in total. The molecule has 0 amide bonds. The fourth-order valence-electron chi connectivity index (χ4n) is 1.28. The first-order chi connectivity index (χ1) is 9.09. The maximum atomic E-state index is 5.88. The Balaban J connectivity index is 0.000000224. The molecule has 0 saturated carbocycles. The first-order valence-corrected chi connectivity index (χ1v) is 17.6. The molecule has 0 saturated heterocycles. The van der Waals surface area contributed by atoms with Crippen molar-refractivity contribution >= 4 is 34.0 Å². The van der Waals surface area contributed by atoms with Crippen LogP contribution in [0.1, 0.15) is 13.8 Å².